The van der Waals surface area contributed by atoms with Gasteiger partial charge in [0, 0.05) is 42.2 Å². The Kier molecular flexibility index (Phi) is 5.64. The van der Waals surface area contributed by atoms with Crippen molar-refractivity contribution in [1.29, 1.82) is 0 Å². The third kappa shape index (κ3) is 3.59. The van der Waals surface area contributed by atoms with Crippen LogP contribution in [0.4, 0.5) is 4.39 Å². The average Bonchev–Trinajstić information content (AvgIpc) is 3.35. The zero-order chi connectivity index (χ0) is 20.7. The minimum atomic E-state index is -0.167. The predicted octanol–water partition coefficient (Wildman–Crippen LogP) is 6.40. The molecule has 2 aliphatic carbocycles. The van der Waals surface area contributed by atoms with Gasteiger partial charge >= 0.3 is 0 Å². The Morgan fingerprint density at radius 2 is 1.80 bits per heavy atom. The first-order chi connectivity index (χ1) is 14.6. The van der Waals surface area contributed by atoms with Crippen LogP contribution < -0.4 is 0 Å². The van der Waals surface area contributed by atoms with E-state index < -0.39 is 0 Å². The van der Waals surface area contributed by atoms with Gasteiger partial charge < -0.3 is 0 Å². The Hall–Kier alpha value is -1.42. The summed E-state index contributed by atoms with van der Waals surface area (Å²) in [6, 6.07) is 13.9. The summed E-state index contributed by atoms with van der Waals surface area (Å²) in [5, 5.41) is 0.818. The maximum absolute atomic E-state index is 13.5. The van der Waals surface area contributed by atoms with E-state index in [1.54, 1.807) is 12.1 Å². The van der Waals surface area contributed by atoms with Crippen LogP contribution in [0.1, 0.15) is 74.1 Å². The largest absolute Gasteiger partial charge is 0.295 e. The van der Waals surface area contributed by atoms with Gasteiger partial charge in [0.25, 0.3) is 0 Å². The van der Waals surface area contributed by atoms with Gasteiger partial charge in [0.15, 0.2) is 0 Å². The van der Waals surface area contributed by atoms with Crippen LogP contribution in [0.5, 0.6) is 0 Å². The first kappa shape index (κ1) is 20.5. The number of piperazine rings is 1. The molecule has 5 rings (SSSR count). The van der Waals surface area contributed by atoms with Crippen LogP contribution in [-0.4, -0.2) is 41.5 Å². The smallest absolute Gasteiger partial charge is 0.123 e. The molecule has 0 amide bonds. The molecule has 2 aromatic carbocycles. The quantitative estimate of drug-likeness (QED) is 0.558. The Labute approximate surface area is 185 Å². The maximum Gasteiger partial charge on any atom is 0.123 e. The number of fused-ring (bicyclic) bond motifs is 1. The molecule has 1 heterocycles. The molecule has 2 fully saturated rings. The van der Waals surface area contributed by atoms with Gasteiger partial charge in [-0.05, 0) is 73.2 Å². The van der Waals surface area contributed by atoms with Crippen LogP contribution in [0.2, 0.25) is 5.02 Å². The second-order valence-corrected chi connectivity index (χ2v) is 9.95. The molecule has 1 saturated heterocycles. The second kappa shape index (κ2) is 8.26. The molecule has 2 nitrogen and oxygen atoms in total. The highest BCUT2D eigenvalue weighted by molar-refractivity contribution is 6.30. The standard InChI is InChI=1S/C26H32ClFN2/c1-2-13-30-15-14-29(18-26(30)11-3-4-12-26)25-17-23(19-5-8-21(28)9-6-19)22-10-7-20(27)16-24(22)25/h5-10,16,23,25H,2-4,11-15,17-18H2,1H3. The van der Waals surface area contributed by atoms with Crippen molar-refractivity contribution in [2.24, 2.45) is 0 Å². The molecule has 3 aliphatic rings. The summed E-state index contributed by atoms with van der Waals surface area (Å²) in [5.41, 5.74) is 4.32. The molecule has 2 unspecified atom stereocenters. The van der Waals surface area contributed by atoms with Gasteiger partial charge in [-0.15, -0.1) is 0 Å². The van der Waals surface area contributed by atoms with E-state index >= 15 is 0 Å². The lowest BCUT2D eigenvalue weighted by molar-refractivity contribution is -0.0182. The number of rotatable bonds is 4. The molecule has 2 aromatic rings. The van der Waals surface area contributed by atoms with E-state index in [1.165, 1.54) is 68.4 Å². The molecular formula is C26H32ClFN2. The van der Waals surface area contributed by atoms with Crippen LogP contribution in [0.3, 0.4) is 0 Å². The normalized spacial score (nSPS) is 26.4. The molecule has 0 aromatic heterocycles. The molecule has 0 radical (unpaired) electrons. The Balaban J connectivity index is 1.46. The van der Waals surface area contributed by atoms with E-state index in [0.717, 1.165) is 18.0 Å². The summed E-state index contributed by atoms with van der Waals surface area (Å²) in [4.78, 5) is 5.54. The van der Waals surface area contributed by atoms with Crippen LogP contribution in [0.25, 0.3) is 0 Å². The Morgan fingerprint density at radius 3 is 2.53 bits per heavy atom. The topological polar surface area (TPSA) is 6.48 Å². The Morgan fingerprint density at radius 1 is 1.03 bits per heavy atom. The first-order valence-corrected chi connectivity index (χ1v) is 12.0. The van der Waals surface area contributed by atoms with Crippen LogP contribution in [0.15, 0.2) is 42.5 Å². The third-order valence-corrected chi connectivity index (χ3v) is 8.04. The van der Waals surface area contributed by atoms with Gasteiger partial charge in [0.2, 0.25) is 0 Å². The second-order valence-electron chi connectivity index (χ2n) is 9.52. The Bertz CT molecular complexity index is 890. The fourth-order valence-electron chi connectivity index (χ4n) is 6.42. The molecule has 0 bridgehead atoms. The molecule has 1 aliphatic heterocycles. The van der Waals surface area contributed by atoms with Crippen molar-refractivity contribution < 1.29 is 4.39 Å². The summed E-state index contributed by atoms with van der Waals surface area (Å²) >= 11 is 6.45. The number of nitrogens with zero attached hydrogens (tertiary/aromatic N) is 2. The molecule has 160 valence electrons. The zero-order valence-electron chi connectivity index (χ0n) is 17.9. The third-order valence-electron chi connectivity index (χ3n) is 7.81. The van der Waals surface area contributed by atoms with E-state index in [1.807, 2.05) is 18.2 Å². The first-order valence-electron chi connectivity index (χ1n) is 11.6. The molecule has 30 heavy (non-hydrogen) atoms. The molecule has 0 N–H and O–H groups in total. The fraction of sp³-hybridized carbons (Fsp3) is 0.538. The minimum absolute atomic E-state index is 0.167. The molecular weight excluding hydrogens is 395 g/mol. The number of benzene rings is 2. The summed E-state index contributed by atoms with van der Waals surface area (Å²) in [6.45, 7) is 6.98. The number of halogens is 2. The lowest BCUT2D eigenvalue weighted by atomic mass is 9.89. The van der Waals surface area contributed by atoms with E-state index in [9.17, 15) is 4.39 Å². The summed E-state index contributed by atoms with van der Waals surface area (Å²) in [6.07, 6.45) is 7.68. The molecule has 4 heteroatoms. The van der Waals surface area contributed by atoms with Crippen molar-refractivity contribution in [3.8, 4) is 0 Å². The average molecular weight is 427 g/mol. The maximum atomic E-state index is 13.5. The number of hydrogen-bond acceptors (Lipinski definition) is 2. The summed E-state index contributed by atoms with van der Waals surface area (Å²) in [7, 11) is 0. The fourth-order valence-corrected chi connectivity index (χ4v) is 6.60. The predicted molar refractivity (Wildman–Crippen MR) is 122 cm³/mol. The van der Waals surface area contributed by atoms with E-state index in [2.05, 4.69) is 28.9 Å². The number of hydrogen-bond donors (Lipinski definition) is 0. The molecule has 1 saturated carbocycles. The van der Waals surface area contributed by atoms with Crippen molar-refractivity contribution in [3.05, 3.63) is 70.0 Å². The van der Waals surface area contributed by atoms with Crippen molar-refractivity contribution in [2.45, 2.75) is 62.9 Å². The van der Waals surface area contributed by atoms with Crippen molar-refractivity contribution >= 4 is 11.6 Å². The van der Waals surface area contributed by atoms with Crippen LogP contribution >= 0.6 is 11.6 Å². The van der Waals surface area contributed by atoms with Gasteiger partial charge in [-0.1, -0.05) is 49.6 Å². The lowest BCUT2D eigenvalue weighted by Gasteiger charge is -2.51. The van der Waals surface area contributed by atoms with Crippen LogP contribution in [0, 0.1) is 5.82 Å². The monoisotopic (exact) mass is 426 g/mol. The van der Waals surface area contributed by atoms with Gasteiger partial charge in [-0.3, -0.25) is 9.80 Å². The lowest BCUT2D eigenvalue weighted by Crippen LogP contribution is -2.61. The SMILES string of the molecule is CCCN1CCN(C2CC(c3ccc(F)cc3)c3ccc(Cl)cc32)CC12CCCC2. The van der Waals surface area contributed by atoms with Crippen molar-refractivity contribution in [2.75, 3.05) is 26.2 Å². The van der Waals surface area contributed by atoms with Gasteiger partial charge in [-0.2, -0.15) is 0 Å². The van der Waals surface area contributed by atoms with Crippen molar-refractivity contribution in [1.82, 2.24) is 9.80 Å². The molecule has 2 atom stereocenters. The summed E-state index contributed by atoms with van der Waals surface area (Å²) in [5.74, 6) is 0.149. The highest BCUT2D eigenvalue weighted by atomic mass is 35.5. The summed E-state index contributed by atoms with van der Waals surface area (Å²) < 4.78 is 13.5. The van der Waals surface area contributed by atoms with E-state index in [4.69, 9.17) is 11.6 Å². The van der Waals surface area contributed by atoms with E-state index in [-0.39, 0.29) is 5.82 Å². The van der Waals surface area contributed by atoms with Crippen molar-refractivity contribution in [3.63, 3.8) is 0 Å². The van der Waals surface area contributed by atoms with Gasteiger partial charge in [0.05, 0.1) is 0 Å². The highest BCUT2D eigenvalue weighted by Crippen LogP contribution is 2.49. The van der Waals surface area contributed by atoms with Gasteiger partial charge in [-0.25, -0.2) is 4.39 Å². The van der Waals surface area contributed by atoms with E-state index in [0.29, 0.717) is 17.5 Å². The zero-order valence-corrected chi connectivity index (χ0v) is 18.7. The van der Waals surface area contributed by atoms with Crippen LogP contribution in [-0.2, 0) is 0 Å². The highest BCUT2D eigenvalue weighted by Gasteiger charge is 2.46. The van der Waals surface area contributed by atoms with Gasteiger partial charge in [0.1, 0.15) is 5.82 Å². The minimum Gasteiger partial charge on any atom is -0.295 e. The molecule has 1 spiro atoms.